The molecule has 0 spiro atoms. The molecule has 0 N–H and O–H groups in total. The first-order valence-electron chi connectivity index (χ1n) is 6.38. The molecule has 0 atom stereocenters. The van der Waals surface area contributed by atoms with Gasteiger partial charge in [-0.05, 0) is 37.0 Å². The minimum Gasteiger partial charge on any atom is -0.469 e. The summed E-state index contributed by atoms with van der Waals surface area (Å²) in [6.07, 6.45) is 1.13. The largest absolute Gasteiger partial charge is 0.469 e. The Morgan fingerprint density at radius 3 is 2.58 bits per heavy atom. The average molecular weight is 264 g/mol. The zero-order valence-electron chi connectivity index (χ0n) is 11.7. The molecule has 0 saturated heterocycles. The third-order valence-electron chi connectivity index (χ3n) is 2.96. The lowest BCUT2D eigenvalue weighted by Crippen LogP contribution is -2.11. The van der Waals surface area contributed by atoms with Gasteiger partial charge in [0.05, 0.1) is 20.1 Å². The lowest BCUT2D eigenvalue weighted by atomic mass is 9.96. The molecule has 0 fully saturated rings. The fourth-order valence-corrected chi connectivity index (χ4v) is 1.95. The molecule has 0 aliphatic heterocycles. The van der Waals surface area contributed by atoms with Crippen LogP contribution in [-0.2, 0) is 31.9 Å². The molecule has 0 bridgehead atoms. The summed E-state index contributed by atoms with van der Waals surface area (Å²) in [5.41, 5.74) is 2.98. The summed E-state index contributed by atoms with van der Waals surface area (Å²) in [7, 11) is 1.37. The number of hydrogen-bond donors (Lipinski definition) is 0. The minimum absolute atomic E-state index is 0.240. The van der Waals surface area contributed by atoms with Crippen molar-refractivity contribution in [3.05, 3.63) is 34.9 Å². The lowest BCUT2D eigenvalue weighted by Gasteiger charge is -2.11. The molecular formula is C15H20O4. The summed E-state index contributed by atoms with van der Waals surface area (Å²) < 4.78 is 9.60. The SMILES string of the molecule is CCOC(=O)Cc1c(C)cccc1CCC(=O)OC. The monoisotopic (exact) mass is 264 g/mol. The molecule has 0 saturated carbocycles. The molecule has 4 heteroatoms. The van der Waals surface area contributed by atoms with Crippen LogP contribution in [0.15, 0.2) is 18.2 Å². The van der Waals surface area contributed by atoms with Crippen molar-refractivity contribution in [2.75, 3.05) is 13.7 Å². The Bertz CT molecular complexity index is 451. The summed E-state index contributed by atoms with van der Waals surface area (Å²) in [5.74, 6) is -0.486. The van der Waals surface area contributed by atoms with Gasteiger partial charge in [-0.15, -0.1) is 0 Å². The van der Waals surface area contributed by atoms with Crippen LogP contribution in [0.1, 0.15) is 30.0 Å². The normalized spacial score (nSPS) is 10.1. The Morgan fingerprint density at radius 1 is 1.21 bits per heavy atom. The van der Waals surface area contributed by atoms with E-state index in [2.05, 4.69) is 4.74 Å². The number of carbonyl (C=O) groups excluding carboxylic acids is 2. The highest BCUT2D eigenvalue weighted by Crippen LogP contribution is 2.17. The molecule has 19 heavy (non-hydrogen) atoms. The van der Waals surface area contributed by atoms with Crippen LogP contribution in [0.2, 0.25) is 0 Å². The predicted octanol–water partition coefficient (Wildman–Crippen LogP) is 2.21. The van der Waals surface area contributed by atoms with Crippen molar-refractivity contribution in [2.45, 2.75) is 33.1 Å². The number of rotatable bonds is 6. The number of methoxy groups -OCH3 is 1. The summed E-state index contributed by atoms with van der Waals surface area (Å²) >= 11 is 0. The van der Waals surface area contributed by atoms with Crippen LogP contribution in [0.25, 0.3) is 0 Å². The van der Waals surface area contributed by atoms with Gasteiger partial charge in [-0.2, -0.15) is 0 Å². The van der Waals surface area contributed by atoms with Crippen molar-refractivity contribution in [3.8, 4) is 0 Å². The molecule has 0 heterocycles. The highest BCUT2D eigenvalue weighted by atomic mass is 16.5. The first-order chi connectivity index (χ1) is 9.08. The fourth-order valence-electron chi connectivity index (χ4n) is 1.95. The third-order valence-corrected chi connectivity index (χ3v) is 2.96. The molecule has 4 nitrogen and oxygen atoms in total. The Morgan fingerprint density at radius 2 is 1.95 bits per heavy atom. The van der Waals surface area contributed by atoms with Crippen LogP contribution in [0, 0.1) is 6.92 Å². The maximum absolute atomic E-state index is 11.6. The van der Waals surface area contributed by atoms with Crippen LogP contribution in [0.5, 0.6) is 0 Å². The topological polar surface area (TPSA) is 52.6 Å². The van der Waals surface area contributed by atoms with E-state index in [1.165, 1.54) is 7.11 Å². The molecule has 0 radical (unpaired) electrons. The smallest absolute Gasteiger partial charge is 0.310 e. The first-order valence-corrected chi connectivity index (χ1v) is 6.38. The summed E-state index contributed by atoms with van der Waals surface area (Å²) in [6.45, 7) is 4.12. The number of aryl methyl sites for hydroxylation is 2. The quantitative estimate of drug-likeness (QED) is 0.739. The Hall–Kier alpha value is -1.84. The van der Waals surface area contributed by atoms with Crippen LogP contribution >= 0.6 is 0 Å². The number of esters is 2. The van der Waals surface area contributed by atoms with Crippen molar-refractivity contribution in [1.29, 1.82) is 0 Å². The standard InChI is InChI=1S/C15H20O4/c1-4-19-15(17)10-13-11(2)6-5-7-12(13)8-9-14(16)18-3/h5-7H,4,8-10H2,1-3H3. The van der Waals surface area contributed by atoms with E-state index in [0.29, 0.717) is 19.4 Å². The van der Waals surface area contributed by atoms with Gasteiger partial charge in [0, 0.05) is 6.42 Å². The van der Waals surface area contributed by atoms with Crippen LogP contribution in [0.3, 0.4) is 0 Å². The molecule has 1 aromatic rings. The zero-order chi connectivity index (χ0) is 14.3. The molecular weight excluding hydrogens is 244 g/mol. The maximum atomic E-state index is 11.6. The number of ether oxygens (including phenoxy) is 2. The van der Waals surface area contributed by atoms with Crippen molar-refractivity contribution in [2.24, 2.45) is 0 Å². The summed E-state index contributed by atoms with van der Waals surface area (Å²) in [6, 6.07) is 5.82. The highest BCUT2D eigenvalue weighted by molar-refractivity contribution is 5.74. The summed E-state index contributed by atoms with van der Waals surface area (Å²) in [4.78, 5) is 22.8. The van der Waals surface area contributed by atoms with Gasteiger partial charge >= 0.3 is 11.9 Å². The van der Waals surface area contributed by atoms with Gasteiger partial charge in [0.15, 0.2) is 0 Å². The van der Waals surface area contributed by atoms with Gasteiger partial charge in [-0.3, -0.25) is 9.59 Å². The first kappa shape index (κ1) is 15.2. The van der Waals surface area contributed by atoms with Gasteiger partial charge in [-0.25, -0.2) is 0 Å². The predicted molar refractivity (Wildman–Crippen MR) is 71.9 cm³/mol. The van der Waals surface area contributed by atoms with E-state index >= 15 is 0 Å². The molecule has 0 amide bonds. The van der Waals surface area contributed by atoms with E-state index in [0.717, 1.165) is 16.7 Å². The second-order valence-electron chi connectivity index (χ2n) is 4.27. The second kappa shape index (κ2) is 7.56. The Balaban J connectivity index is 2.82. The van der Waals surface area contributed by atoms with Gasteiger partial charge in [0.25, 0.3) is 0 Å². The number of hydrogen-bond acceptors (Lipinski definition) is 4. The van der Waals surface area contributed by atoms with Crippen LogP contribution < -0.4 is 0 Å². The molecule has 0 aromatic heterocycles. The molecule has 1 aromatic carbocycles. The van der Waals surface area contributed by atoms with E-state index in [9.17, 15) is 9.59 Å². The maximum Gasteiger partial charge on any atom is 0.310 e. The molecule has 0 aliphatic carbocycles. The van der Waals surface area contributed by atoms with Crippen LogP contribution in [-0.4, -0.2) is 25.7 Å². The second-order valence-corrected chi connectivity index (χ2v) is 4.27. The highest BCUT2D eigenvalue weighted by Gasteiger charge is 2.12. The Labute approximate surface area is 113 Å². The minimum atomic E-state index is -0.247. The van der Waals surface area contributed by atoms with Gasteiger partial charge in [-0.1, -0.05) is 18.2 Å². The van der Waals surface area contributed by atoms with Crippen molar-refractivity contribution in [3.63, 3.8) is 0 Å². The summed E-state index contributed by atoms with van der Waals surface area (Å²) in [5, 5.41) is 0. The Kier molecular flexibility index (Phi) is 6.06. The third kappa shape index (κ3) is 4.73. The van der Waals surface area contributed by atoms with E-state index in [-0.39, 0.29) is 18.4 Å². The van der Waals surface area contributed by atoms with Crippen molar-refractivity contribution in [1.82, 2.24) is 0 Å². The van der Waals surface area contributed by atoms with E-state index in [4.69, 9.17) is 4.74 Å². The molecule has 104 valence electrons. The fraction of sp³-hybridized carbons (Fsp3) is 0.467. The van der Waals surface area contributed by atoms with Gasteiger partial charge in [0.2, 0.25) is 0 Å². The van der Waals surface area contributed by atoms with E-state index in [1.807, 2.05) is 25.1 Å². The van der Waals surface area contributed by atoms with Crippen LogP contribution in [0.4, 0.5) is 0 Å². The van der Waals surface area contributed by atoms with Crippen molar-refractivity contribution < 1.29 is 19.1 Å². The van der Waals surface area contributed by atoms with E-state index < -0.39 is 0 Å². The average Bonchev–Trinajstić information content (AvgIpc) is 2.39. The number of carbonyl (C=O) groups is 2. The molecule has 0 aliphatic rings. The van der Waals surface area contributed by atoms with Gasteiger partial charge < -0.3 is 9.47 Å². The van der Waals surface area contributed by atoms with E-state index in [1.54, 1.807) is 6.92 Å². The van der Waals surface area contributed by atoms with Gasteiger partial charge in [0.1, 0.15) is 0 Å². The lowest BCUT2D eigenvalue weighted by molar-refractivity contribution is -0.142. The van der Waals surface area contributed by atoms with Crippen molar-refractivity contribution >= 4 is 11.9 Å². The molecule has 1 rings (SSSR count). The number of benzene rings is 1. The zero-order valence-corrected chi connectivity index (χ0v) is 11.7. The molecule has 0 unspecified atom stereocenters.